The van der Waals surface area contributed by atoms with E-state index in [0.29, 0.717) is 58.1 Å². The van der Waals surface area contributed by atoms with Crippen LogP contribution in [0.15, 0.2) is 97.3 Å². The van der Waals surface area contributed by atoms with E-state index in [2.05, 4.69) is 30.6 Å². The number of halogens is 12. The van der Waals surface area contributed by atoms with Gasteiger partial charge in [0.05, 0.1) is 5.56 Å². The monoisotopic (exact) mass is 968 g/mol. The zero-order valence-electron chi connectivity index (χ0n) is 33.6. The Morgan fingerprint density at radius 1 is 0.609 bits per heavy atom. The maximum Gasteiger partial charge on any atom is 0.423 e. The van der Waals surface area contributed by atoms with Gasteiger partial charge in [0.1, 0.15) is 53.7 Å². The van der Waals surface area contributed by atoms with E-state index in [1.165, 1.54) is 12.1 Å². The summed E-state index contributed by atoms with van der Waals surface area (Å²) in [6.45, 7) is 8.14. The summed E-state index contributed by atoms with van der Waals surface area (Å²) in [5.74, 6) is -3.56. The van der Waals surface area contributed by atoms with Crippen LogP contribution in [-0.2, 0) is 27.7 Å². The van der Waals surface area contributed by atoms with Gasteiger partial charge in [0.25, 0.3) is 0 Å². The quantitative estimate of drug-likeness (QED) is 0.0767. The van der Waals surface area contributed by atoms with Gasteiger partial charge in [-0.3, -0.25) is 0 Å². The molecule has 0 bridgehead atoms. The maximum atomic E-state index is 13.6. The van der Waals surface area contributed by atoms with Crippen molar-refractivity contribution in [3.63, 3.8) is 0 Å². The van der Waals surface area contributed by atoms with Gasteiger partial charge in [0.2, 0.25) is 17.8 Å². The number of alkyl halides is 9. The number of phenols is 1. The zero-order valence-corrected chi connectivity index (χ0v) is 36.2. The molecule has 64 heavy (non-hydrogen) atoms. The molecule has 6 aromatic rings. The van der Waals surface area contributed by atoms with Crippen LogP contribution in [0.2, 0.25) is 5.15 Å². The van der Waals surface area contributed by atoms with Gasteiger partial charge in [0, 0.05) is 46.5 Å². The van der Waals surface area contributed by atoms with E-state index >= 15 is 0 Å². The Labute approximate surface area is 362 Å². The number of benzene rings is 4. The summed E-state index contributed by atoms with van der Waals surface area (Å²) in [5.41, 5.74) is -1.96. The average Bonchev–Trinajstić information content (AvgIpc) is 3.13. The first kappa shape index (κ1) is 50.9. The Bertz CT molecular complexity index is 2640. The molecule has 342 valence electrons. The standard InChI is InChI=1S/C20H18F4N3O2P.C13H12ClF3N3OP.C7H4F4O/c1-12-8-13(21)10-15(9-12)29-18-17(20(22,23)24)11-25-19(27-18)26-14-4-6-16(7-5-14)30(2,3)28;1-22(2,21)9-5-3-8(4-6-9)19-12-18-7-10(11(14)20-12)13(15,16)17;8-5-1-4(7(9,10)11)2-6(12)3-5/h4-11H,1-3H3,(H,25,26,27);3-7H,1-2H3,(H,18,19,20);1-3,12H. The predicted molar refractivity (Wildman–Crippen MR) is 221 cm³/mol. The molecule has 0 fully saturated rings. The number of nitrogens with zero attached hydrogens (tertiary/aromatic N) is 4. The minimum absolute atomic E-state index is 0.0538. The van der Waals surface area contributed by atoms with Crippen molar-refractivity contribution in [2.24, 2.45) is 0 Å². The minimum Gasteiger partial charge on any atom is -0.508 e. The largest absolute Gasteiger partial charge is 0.508 e. The van der Waals surface area contributed by atoms with Crippen LogP contribution in [0, 0.1) is 18.6 Å². The first-order valence-corrected chi connectivity index (χ1v) is 23.4. The lowest BCUT2D eigenvalue weighted by molar-refractivity contribution is -0.139. The van der Waals surface area contributed by atoms with E-state index in [1.54, 1.807) is 82.1 Å². The van der Waals surface area contributed by atoms with E-state index in [-0.39, 0.29) is 17.6 Å². The van der Waals surface area contributed by atoms with E-state index < -0.39 is 77.9 Å². The molecule has 0 atom stereocenters. The third-order valence-corrected chi connectivity index (χ3v) is 11.4. The van der Waals surface area contributed by atoms with E-state index in [4.69, 9.17) is 21.4 Å². The van der Waals surface area contributed by atoms with Crippen LogP contribution in [0.1, 0.15) is 22.3 Å². The lowest BCUT2D eigenvalue weighted by Gasteiger charge is -2.14. The van der Waals surface area contributed by atoms with E-state index in [0.717, 1.165) is 6.07 Å². The van der Waals surface area contributed by atoms with E-state index in [1.807, 2.05) is 0 Å². The Morgan fingerprint density at radius 2 is 1.06 bits per heavy atom. The smallest absolute Gasteiger partial charge is 0.423 e. The Morgan fingerprint density at radius 3 is 1.47 bits per heavy atom. The lowest BCUT2D eigenvalue weighted by Crippen LogP contribution is -2.11. The number of hydrogen-bond acceptors (Lipinski definition) is 10. The van der Waals surface area contributed by atoms with Gasteiger partial charge < -0.3 is 29.6 Å². The number of hydrogen-bond donors (Lipinski definition) is 3. The highest BCUT2D eigenvalue weighted by molar-refractivity contribution is 7.70. The molecule has 4 aromatic carbocycles. The highest BCUT2D eigenvalue weighted by Gasteiger charge is 2.37. The fourth-order valence-electron chi connectivity index (χ4n) is 4.99. The SMILES string of the molecule is CP(C)(=O)c1ccc(Nc2ncc(C(F)(F)F)c(Cl)n2)cc1.Cc1cc(F)cc(Oc2nc(Nc3ccc(P(C)(C)=O)cc3)ncc2C(F)(F)F)c1.Oc1cc(F)cc(C(F)(F)F)c1. The van der Waals surface area contributed by atoms with Crippen LogP contribution in [0.4, 0.5) is 71.6 Å². The molecular formula is C40H34ClF11N6O4P2. The average molecular weight is 969 g/mol. The van der Waals surface area contributed by atoms with Gasteiger partial charge in [0.15, 0.2) is 0 Å². The molecule has 3 N–H and O–H groups in total. The topological polar surface area (TPSA) is 139 Å². The molecule has 0 aliphatic rings. The molecular weight excluding hydrogens is 935 g/mol. The molecule has 0 saturated carbocycles. The summed E-state index contributed by atoms with van der Waals surface area (Å²) in [4.78, 5) is 14.7. The second-order valence-corrected chi connectivity index (χ2v) is 20.9. The molecule has 0 aliphatic carbocycles. The van der Waals surface area contributed by atoms with Crippen molar-refractivity contribution in [2.45, 2.75) is 25.5 Å². The number of aromatic nitrogens is 4. The summed E-state index contributed by atoms with van der Waals surface area (Å²) in [6, 6.07) is 18.1. The molecule has 24 heteroatoms. The van der Waals surface area contributed by atoms with Crippen LogP contribution < -0.4 is 26.0 Å². The first-order chi connectivity index (χ1) is 29.4. The van der Waals surface area contributed by atoms with Crippen molar-refractivity contribution in [2.75, 3.05) is 37.3 Å². The molecule has 2 aromatic heterocycles. The fourth-order valence-corrected chi connectivity index (χ4v) is 6.96. The first-order valence-electron chi connectivity index (χ1n) is 17.8. The van der Waals surface area contributed by atoms with Gasteiger partial charge in [-0.05, 0) is 112 Å². The van der Waals surface area contributed by atoms with Gasteiger partial charge in [-0.1, -0.05) is 11.6 Å². The zero-order chi connectivity index (χ0) is 48.0. The highest BCUT2D eigenvalue weighted by atomic mass is 35.5. The maximum absolute atomic E-state index is 13.6. The van der Waals surface area contributed by atoms with Crippen molar-refractivity contribution in [1.29, 1.82) is 0 Å². The Hall–Kier alpha value is -5.78. The van der Waals surface area contributed by atoms with Crippen molar-refractivity contribution >= 4 is 59.8 Å². The fraction of sp³-hybridized carbons (Fsp3) is 0.200. The summed E-state index contributed by atoms with van der Waals surface area (Å²) in [6.07, 6.45) is -12.8. The summed E-state index contributed by atoms with van der Waals surface area (Å²) >= 11 is 5.52. The molecule has 0 saturated heterocycles. The Kier molecular flexibility index (Phi) is 15.9. The lowest BCUT2D eigenvalue weighted by atomic mass is 10.2. The van der Waals surface area contributed by atoms with Crippen LogP contribution in [-0.4, -0.2) is 51.7 Å². The number of nitrogens with one attached hydrogen (secondary N) is 2. The van der Waals surface area contributed by atoms with Crippen molar-refractivity contribution in [1.82, 2.24) is 19.9 Å². The van der Waals surface area contributed by atoms with Crippen LogP contribution >= 0.6 is 25.9 Å². The summed E-state index contributed by atoms with van der Waals surface area (Å²) in [5, 5.41) is 14.8. The van der Waals surface area contributed by atoms with Crippen molar-refractivity contribution in [3.05, 3.63) is 136 Å². The van der Waals surface area contributed by atoms with Gasteiger partial charge in [-0.25, -0.2) is 23.7 Å². The number of phenolic OH excluding ortho intramolecular Hbond substituents is 1. The molecule has 0 unspecified atom stereocenters. The number of aryl methyl sites for hydroxylation is 1. The molecule has 0 amide bonds. The third kappa shape index (κ3) is 15.2. The summed E-state index contributed by atoms with van der Waals surface area (Å²) < 4.78 is 168. The molecule has 0 aliphatic heterocycles. The summed E-state index contributed by atoms with van der Waals surface area (Å²) in [7, 11) is -4.79. The number of rotatable bonds is 8. The number of aromatic hydroxyl groups is 1. The van der Waals surface area contributed by atoms with E-state index in [9.17, 15) is 57.4 Å². The van der Waals surface area contributed by atoms with Crippen LogP contribution in [0.5, 0.6) is 17.4 Å². The second-order valence-electron chi connectivity index (χ2n) is 14.1. The molecule has 0 radical (unpaired) electrons. The molecule has 0 spiro atoms. The van der Waals surface area contributed by atoms with Gasteiger partial charge in [-0.2, -0.15) is 44.5 Å². The van der Waals surface area contributed by atoms with Gasteiger partial charge >= 0.3 is 18.5 Å². The number of anilines is 4. The Balaban J connectivity index is 0.000000230. The highest BCUT2D eigenvalue weighted by Crippen LogP contribution is 2.39. The third-order valence-electron chi connectivity index (χ3n) is 8.04. The van der Waals surface area contributed by atoms with Crippen molar-refractivity contribution < 1.29 is 67.3 Å². The van der Waals surface area contributed by atoms with Crippen LogP contribution in [0.3, 0.4) is 0 Å². The van der Waals surface area contributed by atoms with Crippen LogP contribution in [0.25, 0.3) is 0 Å². The van der Waals surface area contributed by atoms with Gasteiger partial charge in [-0.15, -0.1) is 0 Å². The van der Waals surface area contributed by atoms with Crippen molar-refractivity contribution in [3.8, 4) is 17.4 Å². The normalized spacial score (nSPS) is 12.0. The number of ether oxygens (including phenoxy) is 1. The molecule has 6 rings (SSSR count). The second kappa shape index (κ2) is 19.9. The predicted octanol–water partition coefficient (Wildman–Crippen LogP) is 12.4. The molecule has 10 nitrogen and oxygen atoms in total. The molecule has 2 heterocycles. The minimum atomic E-state index is -4.76.